The van der Waals surface area contributed by atoms with Gasteiger partial charge < -0.3 is 24.7 Å². The van der Waals surface area contributed by atoms with Crippen LogP contribution in [-0.4, -0.2) is 59.0 Å². The number of allylic oxidation sites excluding steroid dienone is 3. The van der Waals surface area contributed by atoms with Crippen LogP contribution in [0.2, 0.25) is 0 Å². The third-order valence-electron chi connectivity index (χ3n) is 6.02. The molecule has 0 spiro atoms. The van der Waals surface area contributed by atoms with Gasteiger partial charge in [0.2, 0.25) is 6.41 Å². The maximum absolute atomic E-state index is 12.8. The average molecular weight is 501 g/mol. The maximum atomic E-state index is 12.8. The minimum absolute atomic E-state index is 0.0524. The summed E-state index contributed by atoms with van der Waals surface area (Å²) in [5, 5.41) is 24.9. The number of phenolic OH excluding ortho intramolecular Hbond substituents is 2. The SMILES string of the molecule is CCO/N=C1/C=C/CC/C=C/C[C@@H](C)OC(=O)c2c(O)cc(O)c(CC)c2C1.O=CN1CCCCC1. The molecule has 2 N–H and O–H groups in total. The molecule has 2 aliphatic rings. The Morgan fingerprint density at radius 3 is 2.47 bits per heavy atom. The third kappa shape index (κ3) is 9.06. The van der Waals surface area contributed by atoms with E-state index in [0.717, 1.165) is 32.3 Å². The topological polar surface area (TPSA) is 109 Å². The standard InChI is InChI=1S/C22H29NO5.C6H11NO/c1-4-17-18-13-16(23-27-5-2)12-10-8-6-7-9-11-15(3)28-22(26)21(18)20(25)14-19(17)24;8-6-7-4-2-1-3-5-7/h7,9-10,12,14-15,24-25H,4-6,8,11,13H2,1-3H3;6H,1-5H2/b9-7+,12-10+,23-16-;/t15-;/m1./s1. The van der Waals surface area contributed by atoms with Gasteiger partial charge in [0, 0.05) is 32.0 Å². The number of ether oxygens (including phenoxy) is 1. The number of fused-ring (bicyclic) bond motifs is 1. The second kappa shape index (κ2) is 15.7. The predicted octanol–water partition coefficient (Wildman–Crippen LogP) is 5.07. The van der Waals surface area contributed by atoms with E-state index < -0.39 is 5.97 Å². The summed E-state index contributed by atoms with van der Waals surface area (Å²) >= 11 is 0. The Morgan fingerprint density at radius 1 is 1.11 bits per heavy atom. The molecule has 2 aliphatic heterocycles. The normalized spacial score (nSPS) is 21.8. The first-order chi connectivity index (χ1) is 17.4. The molecule has 0 aromatic heterocycles. The number of aromatic hydroxyl groups is 2. The van der Waals surface area contributed by atoms with Gasteiger partial charge >= 0.3 is 5.97 Å². The number of benzene rings is 1. The Balaban J connectivity index is 0.000000482. The number of nitrogens with zero attached hydrogens (tertiary/aromatic N) is 2. The largest absolute Gasteiger partial charge is 0.508 e. The Hall–Kier alpha value is -3.29. The van der Waals surface area contributed by atoms with Crippen LogP contribution in [0.4, 0.5) is 0 Å². The van der Waals surface area contributed by atoms with E-state index >= 15 is 0 Å². The van der Waals surface area contributed by atoms with E-state index in [4.69, 9.17) is 9.57 Å². The van der Waals surface area contributed by atoms with Gasteiger partial charge in [-0.2, -0.15) is 0 Å². The average Bonchev–Trinajstić information content (AvgIpc) is 2.86. The molecule has 36 heavy (non-hydrogen) atoms. The van der Waals surface area contributed by atoms with Crippen LogP contribution in [0.1, 0.15) is 80.8 Å². The number of esters is 1. The molecular weight excluding hydrogens is 460 g/mol. The fraction of sp³-hybridized carbons (Fsp3) is 0.536. The number of piperidine rings is 1. The summed E-state index contributed by atoms with van der Waals surface area (Å²) in [4.78, 5) is 30.0. The van der Waals surface area contributed by atoms with Crippen LogP contribution in [0.15, 0.2) is 35.5 Å². The van der Waals surface area contributed by atoms with Crippen molar-refractivity contribution in [3.8, 4) is 11.5 Å². The number of hydrogen-bond acceptors (Lipinski definition) is 7. The van der Waals surface area contributed by atoms with Crippen LogP contribution in [0.5, 0.6) is 11.5 Å². The van der Waals surface area contributed by atoms with Crippen molar-refractivity contribution in [3.63, 3.8) is 0 Å². The second-order valence-corrected chi connectivity index (χ2v) is 8.88. The van der Waals surface area contributed by atoms with Gasteiger partial charge in [0.25, 0.3) is 0 Å². The molecule has 8 nitrogen and oxygen atoms in total. The van der Waals surface area contributed by atoms with E-state index in [9.17, 15) is 19.8 Å². The monoisotopic (exact) mass is 500 g/mol. The Kier molecular flexibility index (Phi) is 12.6. The highest BCUT2D eigenvalue weighted by Gasteiger charge is 2.25. The first-order valence-electron chi connectivity index (χ1n) is 12.9. The molecule has 1 aromatic rings. The third-order valence-corrected chi connectivity index (χ3v) is 6.02. The lowest BCUT2D eigenvalue weighted by atomic mass is 9.92. The minimum Gasteiger partial charge on any atom is -0.508 e. The van der Waals surface area contributed by atoms with Crippen molar-refractivity contribution in [3.05, 3.63) is 47.1 Å². The summed E-state index contributed by atoms with van der Waals surface area (Å²) in [6.45, 7) is 7.90. The van der Waals surface area contributed by atoms with Gasteiger partial charge in [0.1, 0.15) is 29.8 Å². The molecule has 0 radical (unpaired) electrons. The molecule has 198 valence electrons. The lowest BCUT2D eigenvalue weighted by molar-refractivity contribution is -0.118. The number of rotatable bonds is 4. The van der Waals surface area contributed by atoms with Crippen molar-refractivity contribution in [2.45, 2.75) is 78.2 Å². The van der Waals surface area contributed by atoms with Crippen molar-refractivity contribution in [1.29, 1.82) is 0 Å². The van der Waals surface area contributed by atoms with Gasteiger partial charge in [-0.1, -0.05) is 30.3 Å². The maximum Gasteiger partial charge on any atom is 0.342 e. The van der Waals surface area contributed by atoms with Gasteiger partial charge in [0.05, 0.1) is 5.71 Å². The van der Waals surface area contributed by atoms with E-state index in [-0.39, 0.29) is 29.6 Å². The van der Waals surface area contributed by atoms with Crippen molar-refractivity contribution in [1.82, 2.24) is 4.90 Å². The fourth-order valence-electron chi connectivity index (χ4n) is 4.15. The Labute approximate surface area is 214 Å². The number of cyclic esters (lactones) is 1. The zero-order valence-corrected chi connectivity index (χ0v) is 21.7. The number of amides is 1. The fourth-order valence-corrected chi connectivity index (χ4v) is 4.15. The summed E-state index contributed by atoms with van der Waals surface area (Å²) in [6.07, 6.45) is 15.2. The van der Waals surface area contributed by atoms with E-state index in [1.807, 2.05) is 43.9 Å². The molecule has 1 atom stereocenters. The molecule has 0 aliphatic carbocycles. The van der Waals surface area contributed by atoms with Crippen molar-refractivity contribution < 1.29 is 29.4 Å². The molecule has 0 bridgehead atoms. The smallest absolute Gasteiger partial charge is 0.342 e. The first-order valence-corrected chi connectivity index (χ1v) is 12.9. The summed E-state index contributed by atoms with van der Waals surface area (Å²) in [7, 11) is 0. The van der Waals surface area contributed by atoms with Gasteiger partial charge in [-0.25, -0.2) is 4.79 Å². The van der Waals surface area contributed by atoms with Crippen LogP contribution >= 0.6 is 0 Å². The van der Waals surface area contributed by atoms with Crippen LogP contribution in [0, 0.1) is 0 Å². The summed E-state index contributed by atoms with van der Waals surface area (Å²) in [5.41, 5.74) is 1.76. The van der Waals surface area contributed by atoms with Crippen LogP contribution in [-0.2, 0) is 27.2 Å². The summed E-state index contributed by atoms with van der Waals surface area (Å²) in [6, 6.07) is 1.20. The number of oxime groups is 1. The number of carbonyl (C=O) groups excluding carboxylic acids is 2. The van der Waals surface area contributed by atoms with Crippen molar-refractivity contribution in [2.24, 2.45) is 5.16 Å². The molecule has 3 rings (SSSR count). The zero-order valence-electron chi connectivity index (χ0n) is 21.7. The van der Waals surface area contributed by atoms with Gasteiger partial charge in [-0.15, -0.1) is 0 Å². The Bertz CT molecular complexity index is 948. The molecule has 2 heterocycles. The number of likely N-dealkylation sites (tertiary alicyclic amines) is 1. The lowest BCUT2D eigenvalue weighted by Crippen LogP contribution is -2.27. The molecule has 8 heteroatoms. The van der Waals surface area contributed by atoms with Crippen molar-refractivity contribution >= 4 is 18.1 Å². The molecule has 0 saturated carbocycles. The van der Waals surface area contributed by atoms with Gasteiger partial charge in [-0.3, -0.25) is 4.79 Å². The number of carbonyl (C=O) groups is 2. The zero-order chi connectivity index (χ0) is 26.3. The first kappa shape index (κ1) is 28.9. The van der Waals surface area contributed by atoms with Crippen LogP contribution < -0.4 is 0 Å². The molecule has 1 fully saturated rings. The minimum atomic E-state index is -0.611. The van der Waals surface area contributed by atoms with E-state index in [1.165, 1.54) is 25.3 Å². The van der Waals surface area contributed by atoms with Crippen LogP contribution in [0.25, 0.3) is 0 Å². The summed E-state index contributed by atoms with van der Waals surface area (Å²) < 4.78 is 5.54. The highest BCUT2D eigenvalue weighted by atomic mass is 16.6. The van der Waals surface area contributed by atoms with E-state index in [1.54, 1.807) is 0 Å². The highest BCUT2D eigenvalue weighted by Crippen LogP contribution is 2.34. The molecule has 1 amide bonds. The quantitative estimate of drug-likeness (QED) is 0.259. The van der Waals surface area contributed by atoms with Crippen LogP contribution in [0.3, 0.4) is 0 Å². The highest BCUT2D eigenvalue weighted by molar-refractivity contribution is 6.01. The number of phenols is 2. The second-order valence-electron chi connectivity index (χ2n) is 8.88. The molecular formula is C28H40N2O6. The number of hydrogen-bond donors (Lipinski definition) is 2. The lowest BCUT2D eigenvalue weighted by Gasteiger charge is -2.21. The van der Waals surface area contributed by atoms with Gasteiger partial charge in [0.15, 0.2) is 0 Å². The van der Waals surface area contributed by atoms with Gasteiger partial charge in [-0.05, 0) is 69.6 Å². The summed E-state index contributed by atoms with van der Waals surface area (Å²) in [5.74, 6) is -0.965. The molecule has 1 aromatic carbocycles. The molecule has 1 saturated heterocycles. The molecule has 0 unspecified atom stereocenters. The van der Waals surface area contributed by atoms with E-state index in [0.29, 0.717) is 36.3 Å². The van der Waals surface area contributed by atoms with Crippen molar-refractivity contribution in [2.75, 3.05) is 19.7 Å². The van der Waals surface area contributed by atoms with E-state index in [2.05, 4.69) is 11.2 Å². The predicted molar refractivity (Wildman–Crippen MR) is 140 cm³/mol. The Morgan fingerprint density at radius 2 is 1.83 bits per heavy atom.